The highest BCUT2D eigenvalue weighted by atomic mass is 35.5. The lowest BCUT2D eigenvalue weighted by Gasteiger charge is -2.18. The molecule has 1 nitrogen and oxygen atoms in total. The standard InChI is InChI=1S/C11H13ClOS/c1-11(2,10(12)13)8-14-9-6-4-3-5-7-9/h3-7H,8H2,1-2H3. The fourth-order valence-corrected chi connectivity index (χ4v) is 1.99. The van der Waals surface area contributed by atoms with Gasteiger partial charge in [-0.2, -0.15) is 0 Å². The summed E-state index contributed by atoms with van der Waals surface area (Å²) in [6.07, 6.45) is 0. The molecule has 0 saturated carbocycles. The third kappa shape index (κ3) is 3.35. The quantitative estimate of drug-likeness (QED) is 0.579. The van der Waals surface area contributed by atoms with Crippen LogP contribution in [0.25, 0.3) is 0 Å². The highest BCUT2D eigenvalue weighted by Gasteiger charge is 2.25. The fraction of sp³-hybridized carbons (Fsp3) is 0.364. The molecule has 0 unspecified atom stereocenters. The van der Waals surface area contributed by atoms with Crippen LogP contribution in [0.4, 0.5) is 0 Å². The van der Waals surface area contributed by atoms with Crippen molar-refractivity contribution in [2.24, 2.45) is 5.41 Å². The molecular formula is C11H13ClOS. The smallest absolute Gasteiger partial charge is 0.228 e. The summed E-state index contributed by atoms with van der Waals surface area (Å²) in [5, 5.41) is -0.277. The monoisotopic (exact) mass is 228 g/mol. The van der Waals surface area contributed by atoms with E-state index < -0.39 is 5.41 Å². The van der Waals surface area contributed by atoms with Gasteiger partial charge < -0.3 is 0 Å². The molecule has 1 rings (SSSR count). The van der Waals surface area contributed by atoms with Gasteiger partial charge in [0.1, 0.15) is 0 Å². The first-order valence-corrected chi connectivity index (χ1v) is 5.76. The molecule has 0 amide bonds. The van der Waals surface area contributed by atoms with Crippen molar-refractivity contribution in [1.29, 1.82) is 0 Å². The zero-order chi connectivity index (χ0) is 10.6. The lowest BCUT2D eigenvalue weighted by molar-refractivity contribution is -0.117. The van der Waals surface area contributed by atoms with E-state index in [1.165, 1.54) is 4.90 Å². The second-order valence-electron chi connectivity index (χ2n) is 3.76. The number of thioether (sulfide) groups is 1. The highest BCUT2D eigenvalue weighted by molar-refractivity contribution is 7.99. The van der Waals surface area contributed by atoms with E-state index >= 15 is 0 Å². The average Bonchev–Trinajstić information content (AvgIpc) is 2.16. The molecular weight excluding hydrogens is 216 g/mol. The number of hydrogen-bond donors (Lipinski definition) is 0. The zero-order valence-corrected chi connectivity index (χ0v) is 9.86. The second-order valence-corrected chi connectivity index (χ2v) is 5.15. The van der Waals surface area contributed by atoms with E-state index in [0.29, 0.717) is 5.75 Å². The van der Waals surface area contributed by atoms with E-state index in [1.807, 2.05) is 44.2 Å². The largest absolute Gasteiger partial charge is 0.281 e. The van der Waals surface area contributed by atoms with Crippen LogP contribution in [0, 0.1) is 5.41 Å². The predicted octanol–water partition coefficient (Wildman–Crippen LogP) is 3.57. The van der Waals surface area contributed by atoms with Crippen molar-refractivity contribution in [3.8, 4) is 0 Å². The summed E-state index contributed by atoms with van der Waals surface area (Å²) in [5.74, 6) is 0.708. The summed E-state index contributed by atoms with van der Waals surface area (Å²) >= 11 is 7.13. The Hall–Kier alpha value is -0.470. The van der Waals surface area contributed by atoms with E-state index in [2.05, 4.69) is 0 Å². The number of halogens is 1. The SMILES string of the molecule is CC(C)(CSc1ccccc1)C(=O)Cl. The van der Waals surface area contributed by atoms with Crippen LogP contribution < -0.4 is 0 Å². The van der Waals surface area contributed by atoms with Gasteiger partial charge in [0, 0.05) is 16.1 Å². The van der Waals surface area contributed by atoms with Gasteiger partial charge in [-0.3, -0.25) is 4.79 Å². The molecule has 0 heterocycles. The summed E-state index contributed by atoms with van der Waals surface area (Å²) in [6, 6.07) is 10.00. The van der Waals surface area contributed by atoms with Gasteiger partial charge in [-0.15, -0.1) is 11.8 Å². The summed E-state index contributed by atoms with van der Waals surface area (Å²) < 4.78 is 0. The topological polar surface area (TPSA) is 17.1 Å². The third-order valence-corrected chi connectivity index (χ3v) is 3.86. The Bertz CT molecular complexity index is 308. The van der Waals surface area contributed by atoms with Crippen molar-refractivity contribution in [3.05, 3.63) is 30.3 Å². The van der Waals surface area contributed by atoms with Gasteiger partial charge >= 0.3 is 0 Å². The van der Waals surface area contributed by atoms with E-state index in [4.69, 9.17) is 11.6 Å². The molecule has 0 radical (unpaired) electrons. The number of rotatable bonds is 4. The van der Waals surface area contributed by atoms with E-state index in [-0.39, 0.29) is 5.24 Å². The number of hydrogen-bond acceptors (Lipinski definition) is 2. The van der Waals surface area contributed by atoms with E-state index in [0.717, 1.165) is 0 Å². The predicted molar refractivity (Wildman–Crippen MR) is 61.8 cm³/mol. The van der Waals surface area contributed by atoms with Crippen molar-refractivity contribution < 1.29 is 4.79 Å². The van der Waals surface area contributed by atoms with Gasteiger partial charge in [-0.05, 0) is 23.7 Å². The number of benzene rings is 1. The first-order valence-electron chi connectivity index (χ1n) is 4.40. The molecule has 0 aromatic heterocycles. The van der Waals surface area contributed by atoms with Crippen LogP contribution in [-0.4, -0.2) is 11.0 Å². The number of carbonyl (C=O) groups excluding carboxylic acids is 1. The van der Waals surface area contributed by atoms with Crippen LogP contribution in [0.1, 0.15) is 13.8 Å². The van der Waals surface area contributed by atoms with Crippen LogP contribution in [-0.2, 0) is 4.79 Å². The van der Waals surface area contributed by atoms with Crippen molar-refractivity contribution in [3.63, 3.8) is 0 Å². The Balaban J connectivity index is 2.53. The minimum atomic E-state index is -0.456. The molecule has 0 fully saturated rings. The van der Waals surface area contributed by atoms with E-state index in [1.54, 1.807) is 11.8 Å². The molecule has 14 heavy (non-hydrogen) atoms. The van der Waals surface area contributed by atoms with Crippen LogP contribution in [0.5, 0.6) is 0 Å². The molecule has 0 aliphatic carbocycles. The first kappa shape index (κ1) is 11.6. The molecule has 1 aromatic carbocycles. The summed E-state index contributed by atoms with van der Waals surface area (Å²) in [4.78, 5) is 12.2. The molecule has 0 bridgehead atoms. The lowest BCUT2D eigenvalue weighted by Crippen LogP contribution is -2.22. The maximum atomic E-state index is 11.0. The molecule has 76 valence electrons. The van der Waals surface area contributed by atoms with Crippen LogP contribution in [0.15, 0.2) is 35.2 Å². The Kier molecular flexibility index (Phi) is 4.02. The minimum absolute atomic E-state index is 0.277. The van der Waals surface area contributed by atoms with Gasteiger partial charge in [0.05, 0.1) is 0 Å². The van der Waals surface area contributed by atoms with E-state index in [9.17, 15) is 4.79 Å². The minimum Gasteiger partial charge on any atom is -0.281 e. The van der Waals surface area contributed by atoms with Gasteiger partial charge in [-0.25, -0.2) is 0 Å². The zero-order valence-electron chi connectivity index (χ0n) is 8.29. The van der Waals surface area contributed by atoms with Crippen molar-refractivity contribution >= 4 is 28.6 Å². The maximum absolute atomic E-state index is 11.0. The molecule has 0 saturated heterocycles. The van der Waals surface area contributed by atoms with Gasteiger partial charge in [0.2, 0.25) is 5.24 Å². The van der Waals surface area contributed by atoms with Crippen LogP contribution >= 0.6 is 23.4 Å². The van der Waals surface area contributed by atoms with Crippen molar-refractivity contribution in [2.75, 3.05) is 5.75 Å². The summed E-state index contributed by atoms with van der Waals surface area (Å²) in [5.41, 5.74) is -0.456. The molecule has 0 aliphatic rings. The Morgan fingerprint density at radius 1 is 1.36 bits per heavy atom. The Labute approximate surface area is 93.8 Å². The van der Waals surface area contributed by atoms with Gasteiger partial charge in [-0.1, -0.05) is 32.0 Å². The molecule has 0 aliphatic heterocycles. The number of carbonyl (C=O) groups is 1. The molecule has 1 aromatic rings. The fourth-order valence-electron chi connectivity index (χ4n) is 0.837. The van der Waals surface area contributed by atoms with Crippen LogP contribution in [0.2, 0.25) is 0 Å². The molecule has 3 heteroatoms. The lowest BCUT2D eigenvalue weighted by atomic mass is 9.99. The molecule has 0 atom stereocenters. The molecule has 0 N–H and O–H groups in total. The summed E-state index contributed by atoms with van der Waals surface area (Å²) in [7, 11) is 0. The van der Waals surface area contributed by atoms with Gasteiger partial charge in [0.15, 0.2) is 0 Å². The normalized spacial score (nSPS) is 11.4. The third-order valence-electron chi connectivity index (χ3n) is 1.87. The summed E-state index contributed by atoms with van der Waals surface area (Å²) in [6.45, 7) is 3.72. The first-order chi connectivity index (χ1) is 6.52. The van der Waals surface area contributed by atoms with Crippen molar-refractivity contribution in [1.82, 2.24) is 0 Å². The Morgan fingerprint density at radius 3 is 2.43 bits per heavy atom. The maximum Gasteiger partial charge on any atom is 0.228 e. The highest BCUT2D eigenvalue weighted by Crippen LogP contribution is 2.29. The van der Waals surface area contributed by atoms with Crippen LogP contribution in [0.3, 0.4) is 0 Å². The van der Waals surface area contributed by atoms with Crippen molar-refractivity contribution in [2.45, 2.75) is 18.7 Å². The van der Waals surface area contributed by atoms with Gasteiger partial charge in [0.25, 0.3) is 0 Å². The average molecular weight is 229 g/mol. The second kappa shape index (κ2) is 4.85. The molecule has 0 spiro atoms. The Morgan fingerprint density at radius 2 is 1.93 bits per heavy atom.